The zero-order valence-corrected chi connectivity index (χ0v) is 6.90. The molecular weight excluding hydrogens is 170 g/mol. The van der Waals surface area contributed by atoms with Gasteiger partial charge in [0.15, 0.2) is 5.65 Å². The molecule has 2 aromatic rings. The lowest BCUT2D eigenvalue weighted by molar-refractivity contribution is 1.06. The van der Waals surface area contributed by atoms with Crippen molar-refractivity contribution in [1.29, 1.82) is 0 Å². The van der Waals surface area contributed by atoms with Crippen LogP contribution in [0.3, 0.4) is 0 Å². The molecule has 6 heteroatoms. The van der Waals surface area contributed by atoms with Gasteiger partial charge in [0.1, 0.15) is 11.3 Å². The van der Waals surface area contributed by atoms with E-state index < -0.39 is 5.69 Å². The number of hydrogen-bond acceptors (Lipinski definition) is 5. The first-order valence-electron chi connectivity index (χ1n) is 3.66. The van der Waals surface area contributed by atoms with Gasteiger partial charge in [-0.3, -0.25) is 4.98 Å². The fraction of sp³-hybridized carbons (Fsp3) is 0.143. The van der Waals surface area contributed by atoms with E-state index in [9.17, 15) is 4.79 Å². The van der Waals surface area contributed by atoms with E-state index in [2.05, 4.69) is 19.9 Å². The van der Waals surface area contributed by atoms with Crippen LogP contribution in [0.2, 0.25) is 0 Å². The van der Waals surface area contributed by atoms with Crippen molar-refractivity contribution in [2.45, 2.75) is 6.92 Å². The van der Waals surface area contributed by atoms with E-state index in [1.165, 1.54) is 0 Å². The highest BCUT2D eigenvalue weighted by atomic mass is 16.1. The summed E-state index contributed by atoms with van der Waals surface area (Å²) in [4.78, 5) is 24.9. The summed E-state index contributed by atoms with van der Waals surface area (Å²) in [7, 11) is 0. The third-order valence-corrected chi connectivity index (χ3v) is 1.58. The topological polar surface area (TPSA) is 97.5 Å². The maximum atomic E-state index is 10.9. The van der Waals surface area contributed by atoms with E-state index in [0.717, 1.165) is 0 Å². The zero-order chi connectivity index (χ0) is 9.42. The zero-order valence-electron chi connectivity index (χ0n) is 6.90. The predicted octanol–water partition coefficient (Wildman–Crippen LogP) is -0.396. The van der Waals surface area contributed by atoms with Crippen molar-refractivity contribution in [2.75, 3.05) is 5.73 Å². The van der Waals surface area contributed by atoms with E-state index in [4.69, 9.17) is 5.73 Å². The van der Waals surface area contributed by atoms with Crippen LogP contribution in [0.25, 0.3) is 11.2 Å². The summed E-state index contributed by atoms with van der Waals surface area (Å²) in [5, 5.41) is 0. The molecule has 66 valence electrons. The molecule has 0 aliphatic heterocycles. The first kappa shape index (κ1) is 7.66. The smallest absolute Gasteiger partial charge is 0.348 e. The van der Waals surface area contributed by atoms with Crippen molar-refractivity contribution in [3.63, 3.8) is 0 Å². The number of H-pyrrole nitrogens is 1. The minimum Gasteiger partial charge on any atom is -0.383 e. The maximum absolute atomic E-state index is 10.9. The van der Waals surface area contributed by atoms with Gasteiger partial charge in [0, 0.05) is 6.20 Å². The minimum atomic E-state index is -0.509. The summed E-state index contributed by atoms with van der Waals surface area (Å²) < 4.78 is 0. The summed E-state index contributed by atoms with van der Waals surface area (Å²) in [6, 6.07) is 0. The summed E-state index contributed by atoms with van der Waals surface area (Å²) in [5.41, 5.74) is 6.40. The molecule has 0 unspecified atom stereocenters. The van der Waals surface area contributed by atoms with Gasteiger partial charge in [-0.2, -0.15) is 4.98 Å². The Bertz CT molecular complexity index is 518. The number of aromatic nitrogens is 4. The van der Waals surface area contributed by atoms with Crippen molar-refractivity contribution >= 4 is 17.0 Å². The van der Waals surface area contributed by atoms with Crippen LogP contribution in [0.1, 0.15) is 5.69 Å². The molecule has 2 rings (SSSR count). The summed E-state index contributed by atoms with van der Waals surface area (Å²) in [6.07, 6.45) is 1.57. The SMILES string of the molecule is Cc1cnc2c(N)[nH]c(=O)nc2n1. The van der Waals surface area contributed by atoms with Gasteiger partial charge in [-0.1, -0.05) is 0 Å². The second-order valence-corrected chi connectivity index (χ2v) is 2.64. The highest BCUT2D eigenvalue weighted by Crippen LogP contribution is 2.08. The molecule has 6 nitrogen and oxygen atoms in total. The fourth-order valence-electron chi connectivity index (χ4n) is 1.03. The summed E-state index contributed by atoms with van der Waals surface area (Å²) >= 11 is 0. The first-order chi connectivity index (χ1) is 6.16. The molecule has 0 radical (unpaired) electrons. The number of nitrogens with one attached hydrogen (secondary N) is 1. The molecule has 2 aromatic heterocycles. The van der Waals surface area contributed by atoms with E-state index in [0.29, 0.717) is 11.2 Å². The second kappa shape index (κ2) is 2.51. The monoisotopic (exact) mass is 177 g/mol. The molecule has 13 heavy (non-hydrogen) atoms. The molecular formula is C7H7N5O. The molecule has 0 atom stereocenters. The van der Waals surface area contributed by atoms with Crippen LogP contribution in [0.5, 0.6) is 0 Å². The predicted molar refractivity (Wildman–Crippen MR) is 47.1 cm³/mol. The van der Waals surface area contributed by atoms with Gasteiger partial charge in [0.25, 0.3) is 0 Å². The molecule has 0 saturated heterocycles. The Morgan fingerprint density at radius 1 is 1.46 bits per heavy atom. The van der Waals surface area contributed by atoms with Crippen LogP contribution in [0, 0.1) is 6.92 Å². The van der Waals surface area contributed by atoms with Gasteiger partial charge < -0.3 is 5.73 Å². The molecule has 0 aliphatic rings. The molecule has 0 aromatic carbocycles. The lowest BCUT2D eigenvalue weighted by atomic mass is 10.4. The molecule has 3 N–H and O–H groups in total. The van der Waals surface area contributed by atoms with Gasteiger partial charge in [-0.05, 0) is 6.92 Å². The average molecular weight is 177 g/mol. The molecule has 0 amide bonds. The van der Waals surface area contributed by atoms with Crippen molar-refractivity contribution < 1.29 is 0 Å². The van der Waals surface area contributed by atoms with Crippen molar-refractivity contribution in [2.24, 2.45) is 0 Å². The number of nitrogens with two attached hydrogens (primary N) is 1. The lowest BCUT2D eigenvalue weighted by Crippen LogP contribution is -2.14. The van der Waals surface area contributed by atoms with Crippen LogP contribution in [-0.2, 0) is 0 Å². The number of nitrogen functional groups attached to an aromatic ring is 1. The molecule has 2 heterocycles. The number of aromatic amines is 1. The van der Waals surface area contributed by atoms with E-state index in [1.54, 1.807) is 13.1 Å². The number of nitrogens with zero attached hydrogens (tertiary/aromatic N) is 3. The number of aryl methyl sites for hydroxylation is 1. The van der Waals surface area contributed by atoms with Crippen LogP contribution in [0.4, 0.5) is 5.82 Å². The Morgan fingerprint density at radius 2 is 2.23 bits per heavy atom. The molecule has 0 aliphatic carbocycles. The van der Waals surface area contributed by atoms with Crippen LogP contribution in [0.15, 0.2) is 11.0 Å². The van der Waals surface area contributed by atoms with E-state index >= 15 is 0 Å². The molecule has 0 spiro atoms. The summed E-state index contributed by atoms with van der Waals surface area (Å²) in [5.74, 6) is 0.197. The van der Waals surface area contributed by atoms with Crippen LogP contribution >= 0.6 is 0 Å². The van der Waals surface area contributed by atoms with Gasteiger partial charge in [-0.25, -0.2) is 14.8 Å². The average Bonchev–Trinajstić information content (AvgIpc) is 2.02. The van der Waals surface area contributed by atoms with Crippen molar-refractivity contribution in [3.8, 4) is 0 Å². The van der Waals surface area contributed by atoms with Gasteiger partial charge in [-0.15, -0.1) is 0 Å². The number of hydrogen-bond donors (Lipinski definition) is 2. The van der Waals surface area contributed by atoms with Crippen LogP contribution < -0.4 is 11.4 Å². The van der Waals surface area contributed by atoms with Crippen molar-refractivity contribution in [1.82, 2.24) is 19.9 Å². The Kier molecular flexibility index (Phi) is 1.48. The Morgan fingerprint density at radius 3 is 3.00 bits per heavy atom. The fourth-order valence-corrected chi connectivity index (χ4v) is 1.03. The highest BCUT2D eigenvalue weighted by molar-refractivity contribution is 5.79. The van der Waals surface area contributed by atoms with Gasteiger partial charge in [0.05, 0.1) is 5.69 Å². The Hall–Kier alpha value is -1.98. The lowest BCUT2D eigenvalue weighted by Gasteiger charge is -1.98. The second-order valence-electron chi connectivity index (χ2n) is 2.64. The minimum absolute atomic E-state index is 0.197. The quantitative estimate of drug-likeness (QED) is 0.570. The normalized spacial score (nSPS) is 10.5. The molecule has 0 fully saturated rings. The number of rotatable bonds is 0. The number of fused-ring (bicyclic) bond motifs is 1. The Balaban J connectivity index is 2.94. The maximum Gasteiger partial charge on any atom is 0.348 e. The van der Waals surface area contributed by atoms with E-state index in [1.807, 2.05) is 0 Å². The van der Waals surface area contributed by atoms with E-state index in [-0.39, 0.29) is 11.5 Å². The Labute approximate surface area is 72.9 Å². The molecule has 0 bridgehead atoms. The van der Waals surface area contributed by atoms with Crippen LogP contribution in [-0.4, -0.2) is 19.9 Å². The van der Waals surface area contributed by atoms with Gasteiger partial charge >= 0.3 is 5.69 Å². The standard InChI is InChI=1S/C7H7N5O/c1-3-2-9-4-5(8)11-7(13)12-6(4)10-3/h2H,1H3,(H3,8,10,11,12,13). The van der Waals surface area contributed by atoms with Gasteiger partial charge in [0.2, 0.25) is 0 Å². The number of anilines is 1. The van der Waals surface area contributed by atoms with Crippen molar-refractivity contribution in [3.05, 3.63) is 22.4 Å². The summed E-state index contributed by atoms with van der Waals surface area (Å²) in [6.45, 7) is 1.77. The third-order valence-electron chi connectivity index (χ3n) is 1.58. The molecule has 0 saturated carbocycles. The third kappa shape index (κ3) is 1.22. The highest BCUT2D eigenvalue weighted by Gasteiger charge is 2.03. The first-order valence-corrected chi connectivity index (χ1v) is 3.66. The largest absolute Gasteiger partial charge is 0.383 e.